The van der Waals surface area contributed by atoms with Crippen molar-refractivity contribution >= 4 is 23.6 Å². The fourth-order valence-electron chi connectivity index (χ4n) is 4.31. The summed E-state index contributed by atoms with van der Waals surface area (Å²) in [5, 5.41) is 5.80. The van der Waals surface area contributed by atoms with Gasteiger partial charge in [0.25, 0.3) is 0 Å². The molecule has 0 radical (unpaired) electrons. The molecular weight excluding hydrogens is 454 g/mol. The zero-order chi connectivity index (χ0) is 25.5. The number of anilines is 1. The molecule has 186 valence electrons. The zero-order valence-corrected chi connectivity index (χ0v) is 20.6. The number of carbonyl (C=O) groups excluding carboxylic acids is 3. The summed E-state index contributed by atoms with van der Waals surface area (Å²) in [6.45, 7) is 4.75. The number of amides is 3. The SMILES string of the molecule is CCCNC(=O)C1C(c2ccc(NC(=O)Cc3ccccc3)cc2)OC(=O)N1Cc1cccc(C)c1. The van der Waals surface area contributed by atoms with E-state index in [9.17, 15) is 14.4 Å². The summed E-state index contributed by atoms with van der Waals surface area (Å²) in [4.78, 5) is 39.9. The normalized spacial score (nSPS) is 16.9. The van der Waals surface area contributed by atoms with E-state index in [1.807, 2.05) is 68.4 Å². The van der Waals surface area contributed by atoms with Gasteiger partial charge < -0.3 is 15.4 Å². The molecule has 3 amide bonds. The lowest BCUT2D eigenvalue weighted by molar-refractivity contribution is -0.126. The highest BCUT2D eigenvalue weighted by Gasteiger charge is 2.46. The summed E-state index contributed by atoms with van der Waals surface area (Å²) in [6.07, 6.45) is -0.226. The fourth-order valence-corrected chi connectivity index (χ4v) is 4.31. The van der Waals surface area contributed by atoms with Gasteiger partial charge in [-0.2, -0.15) is 0 Å². The predicted molar refractivity (Wildman–Crippen MR) is 138 cm³/mol. The molecule has 36 heavy (non-hydrogen) atoms. The number of benzene rings is 3. The Morgan fingerprint density at radius 3 is 2.36 bits per heavy atom. The maximum Gasteiger partial charge on any atom is 0.411 e. The second-order valence-corrected chi connectivity index (χ2v) is 8.99. The lowest BCUT2D eigenvalue weighted by Crippen LogP contribution is -2.46. The van der Waals surface area contributed by atoms with Crippen molar-refractivity contribution in [1.82, 2.24) is 10.2 Å². The highest BCUT2D eigenvalue weighted by atomic mass is 16.6. The van der Waals surface area contributed by atoms with Gasteiger partial charge >= 0.3 is 6.09 Å². The Bertz CT molecular complexity index is 1210. The van der Waals surface area contributed by atoms with Crippen LogP contribution in [-0.2, 0) is 27.3 Å². The molecule has 4 rings (SSSR count). The van der Waals surface area contributed by atoms with Crippen LogP contribution >= 0.6 is 0 Å². The average Bonchev–Trinajstić information content (AvgIpc) is 3.19. The van der Waals surface area contributed by atoms with Crippen LogP contribution in [0.15, 0.2) is 78.9 Å². The molecule has 0 saturated carbocycles. The van der Waals surface area contributed by atoms with Crippen LogP contribution in [0.3, 0.4) is 0 Å². The van der Waals surface area contributed by atoms with Crippen LogP contribution in [0, 0.1) is 6.92 Å². The Kier molecular flexibility index (Phi) is 8.00. The molecule has 7 nitrogen and oxygen atoms in total. The number of nitrogens with one attached hydrogen (secondary N) is 2. The Hall–Kier alpha value is -4.13. The van der Waals surface area contributed by atoms with Crippen molar-refractivity contribution in [2.75, 3.05) is 11.9 Å². The molecule has 7 heteroatoms. The van der Waals surface area contributed by atoms with Crippen molar-refractivity contribution in [3.63, 3.8) is 0 Å². The smallest absolute Gasteiger partial charge is 0.411 e. The van der Waals surface area contributed by atoms with Crippen LogP contribution in [0.1, 0.15) is 41.7 Å². The Morgan fingerprint density at radius 1 is 0.944 bits per heavy atom. The molecule has 3 aromatic carbocycles. The third-order valence-electron chi connectivity index (χ3n) is 6.07. The molecule has 0 spiro atoms. The molecule has 1 fully saturated rings. The molecule has 2 unspecified atom stereocenters. The van der Waals surface area contributed by atoms with Crippen LogP contribution in [0.2, 0.25) is 0 Å². The molecule has 0 aromatic heterocycles. The van der Waals surface area contributed by atoms with Crippen LogP contribution in [-0.4, -0.2) is 35.4 Å². The quantitative estimate of drug-likeness (QED) is 0.457. The van der Waals surface area contributed by atoms with Gasteiger partial charge in [-0.15, -0.1) is 0 Å². The van der Waals surface area contributed by atoms with E-state index in [2.05, 4.69) is 10.6 Å². The van der Waals surface area contributed by atoms with E-state index in [1.165, 1.54) is 4.90 Å². The maximum absolute atomic E-state index is 13.1. The first-order valence-electron chi connectivity index (χ1n) is 12.2. The Morgan fingerprint density at radius 2 is 1.67 bits per heavy atom. The largest absolute Gasteiger partial charge is 0.438 e. The van der Waals surface area contributed by atoms with Crippen LogP contribution in [0.25, 0.3) is 0 Å². The summed E-state index contributed by atoms with van der Waals surface area (Å²) in [7, 11) is 0. The van der Waals surface area contributed by atoms with E-state index in [1.54, 1.807) is 24.3 Å². The molecular formula is C29H31N3O4. The molecule has 0 aliphatic carbocycles. The molecule has 1 aliphatic heterocycles. The zero-order valence-electron chi connectivity index (χ0n) is 20.6. The van der Waals surface area contributed by atoms with Gasteiger partial charge in [0, 0.05) is 12.2 Å². The Labute approximate surface area is 211 Å². The number of rotatable bonds is 9. The lowest BCUT2D eigenvalue weighted by atomic mass is 10.00. The summed E-state index contributed by atoms with van der Waals surface area (Å²) in [5.74, 6) is -0.372. The predicted octanol–water partition coefficient (Wildman–Crippen LogP) is 4.76. The van der Waals surface area contributed by atoms with Crippen LogP contribution in [0.4, 0.5) is 10.5 Å². The van der Waals surface area contributed by atoms with Gasteiger partial charge in [0.2, 0.25) is 11.8 Å². The minimum Gasteiger partial charge on any atom is -0.438 e. The van der Waals surface area contributed by atoms with Gasteiger partial charge in [-0.3, -0.25) is 14.5 Å². The van der Waals surface area contributed by atoms with Gasteiger partial charge in [0.05, 0.1) is 13.0 Å². The molecule has 1 aliphatic rings. The van der Waals surface area contributed by atoms with E-state index < -0.39 is 18.2 Å². The number of hydrogen-bond acceptors (Lipinski definition) is 4. The van der Waals surface area contributed by atoms with Gasteiger partial charge in [-0.25, -0.2) is 4.79 Å². The first-order valence-corrected chi connectivity index (χ1v) is 12.2. The number of aryl methyl sites for hydroxylation is 1. The van der Waals surface area contributed by atoms with Crippen molar-refractivity contribution in [3.05, 3.63) is 101 Å². The standard InChI is InChI=1S/C29H31N3O4/c1-3-16-30-28(34)26-27(36-29(35)32(26)19-22-11-7-8-20(2)17-22)23-12-14-24(15-13-23)31-25(33)18-21-9-5-4-6-10-21/h4-15,17,26-27H,3,16,18-19H2,1-2H3,(H,30,34)(H,31,33). The maximum atomic E-state index is 13.1. The first-order chi connectivity index (χ1) is 17.4. The van der Waals surface area contributed by atoms with E-state index >= 15 is 0 Å². The third kappa shape index (κ3) is 6.10. The molecule has 2 atom stereocenters. The molecule has 1 saturated heterocycles. The van der Waals surface area contributed by atoms with Crippen molar-refractivity contribution in [2.45, 2.75) is 45.4 Å². The summed E-state index contributed by atoms with van der Waals surface area (Å²) in [5.41, 5.74) is 4.25. The summed E-state index contributed by atoms with van der Waals surface area (Å²) < 4.78 is 5.71. The minimum absolute atomic E-state index is 0.123. The highest BCUT2D eigenvalue weighted by molar-refractivity contribution is 5.92. The second kappa shape index (κ2) is 11.5. The van der Waals surface area contributed by atoms with E-state index in [-0.39, 0.29) is 24.8 Å². The Balaban J connectivity index is 1.50. The van der Waals surface area contributed by atoms with Crippen molar-refractivity contribution in [2.24, 2.45) is 0 Å². The number of cyclic esters (lactones) is 1. The number of carbonyl (C=O) groups is 3. The van der Waals surface area contributed by atoms with Gasteiger partial charge in [0.15, 0.2) is 12.1 Å². The van der Waals surface area contributed by atoms with Gasteiger partial charge in [-0.1, -0.05) is 79.2 Å². The van der Waals surface area contributed by atoms with Gasteiger partial charge in [0.1, 0.15) is 0 Å². The second-order valence-electron chi connectivity index (χ2n) is 8.99. The highest BCUT2D eigenvalue weighted by Crippen LogP contribution is 2.34. The summed E-state index contributed by atoms with van der Waals surface area (Å²) in [6, 6.07) is 23.6. The van der Waals surface area contributed by atoms with Gasteiger partial charge in [-0.05, 0) is 42.2 Å². The first kappa shape index (κ1) is 25.0. The minimum atomic E-state index is -0.803. The topological polar surface area (TPSA) is 87.7 Å². The fraction of sp³-hybridized carbons (Fsp3) is 0.276. The summed E-state index contributed by atoms with van der Waals surface area (Å²) >= 11 is 0. The van der Waals surface area contributed by atoms with E-state index in [0.717, 1.165) is 23.1 Å². The molecule has 2 N–H and O–H groups in total. The van der Waals surface area contributed by atoms with Crippen molar-refractivity contribution < 1.29 is 19.1 Å². The number of nitrogens with zero attached hydrogens (tertiary/aromatic N) is 1. The van der Waals surface area contributed by atoms with E-state index in [0.29, 0.717) is 17.8 Å². The van der Waals surface area contributed by atoms with Crippen LogP contribution in [0.5, 0.6) is 0 Å². The van der Waals surface area contributed by atoms with E-state index in [4.69, 9.17) is 4.74 Å². The van der Waals surface area contributed by atoms with Crippen LogP contribution < -0.4 is 10.6 Å². The average molecular weight is 486 g/mol. The van der Waals surface area contributed by atoms with Crippen molar-refractivity contribution in [1.29, 1.82) is 0 Å². The molecule has 1 heterocycles. The number of hydrogen-bond donors (Lipinski definition) is 2. The van der Waals surface area contributed by atoms with Crippen molar-refractivity contribution in [3.8, 4) is 0 Å². The number of ether oxygens (including phenoxy) is 1. The lowest BCUT2D eigenvalue weighted by Gasteiger charge is -2.24. The molecule has 3 aromatic rings. The third-order valence-corrected chi connectivity index (χ3v) is 6.07. The molecule has 0 bridgehead atoms. The monoisotopic (exact) mass is 485 g/mol.